The van der Waals surface area contributed by atoms with Crippen molar-refractivity contribution in [2.24, 2.45) is 10.9 Å². The maximum atomic E-state index is 11.7. The summed E-state index contributed by atoms with van der Waals surface area (Å²) >= 11 is 0. The first-order valence-corrected chi connectivity index (χ1v) is 9.67. The molecular weight excluding hydrogens is 344 g/mol. The van der Waals surface area contributed by atoms with Gasteiger partial charge in [0.25, 0.3) is 0 Å². The van der Waals surface area contributed by atoms with Gasteiger partial charge in [-0.05, 0) is 24.5 Å². The Kier molecular flexibility index (Phi) is 6.92. The predicted octanol–water partition coefficient (Wildman–Crippen LogP) is 1.48. The van der Waals surface area contributed by atoms with Crippen LogP contribution in [0.3, 0.4) is 0 Å². The van der Waals surface area contributed by atoms with Gasteiger partial charge in [-0.3, -0.25) is 9.79 Å². The van der Waals surface area contributed by atoms with E-state index in [4.69, 9.17) is 9.47 Å². The minimum atomic E-state index is -0.1000. The first-order valence-electron chi connectivity index (χ1n) is 9.67. The smallest absolute Gasteiger partial charge is 0.308 e. The third-order valence-corrected chi connectivity index (χ3v) is 5.32. The van der Waals surface area contributed by atoms with Crippen molar-refractivity contribution in [3.8, 4) is 0 Å². The molecule has 0 saturated carbocycles. The van der Waals surface area contributed by atoms with E-state index in [9.17, 15) is 4.79 Å². The molecule has 0 bridgehead atoms. The molecule has 2 fully saturated rings. The summed E-state index contributed by atoms with van der Waals surface area (Å²) in [5.74, 6) is 0.790. The Morgan fingerprint density at radius 3 is 2.59 bits per heavy atom. The van der Waals surface area contributed by atoms with Crippen LogP contribution in [0.25, 0.3) is 0 Å². The minimum Gasteiger partial charge on any atom is -0.469 e. The molecule has 0 radical (unpaired) electrons. The lowest BCUT2D eigenvalue weighted by Crippen LogP contribution is -2.46. The van der Waals surface area contributed by atoms with Gasteiger partial charge in [0, 0.05) is 45.5 Å². The van der Waals surface area contributed by atoms with E-state index in [2.05, 4.69) is 44.4 Å². The molecule has 7 heteroatoms. The van der Waals surface area contributed by atoms with Gasteiger partial charge in [-0.25, -0.2) is 0 Å². The molecule has 27 heavy (non-hydrogen) atoms. The second-order valence-electron chi connectivity index (χ2n) is 6.91. The number of hydrogen-bond donors (Lipinski definition) is 1. The number of hydrogen-bond acceptors (Lipinski definition) is 5. The second kappa shape index (κ2) is 9.60. The van der Waals surface area contributed by atoms with E-state index in [1.54, 1.807) is 0 Å². The predicted molar refractivity (Wildman–Crippen MR) is 106 cm³/mol. The highest BCUT2D eigenvalue weighted by atomic mass is 16.5. The molecule has 0 amide bonds. The molecule has 0 unspecified atom stereocenters. The molecule has 1 N–H and O–H groups in total. The lowest BCUT2D eigenvalue weighted by molar-refractivity contribution is -0.146. The largest absolute Gasteiger partial charge is 0.469 e. The Morgan fingerprint density at radius 2 is 1.93 bits per heavy atom. The van der Waals surface area contributed by atoms with Crippen molar-refractivity contribution in [2.45, 2.75) is 19.4 Å². The Morgan fingerprint density at radius 1 is 1.22 bits per heavy atom. The summed E-state index contributed by atoms with van der Waals surface area (Å²) in [6.07, 6.45) is 1.61. The van der Waals surface area contributed by atoms with E-state index in [1.165, 1.54) is 18.4 Å². The number of aliphatic imine (C=N–C) groups is 1. The maximum Gasteiger partial charge on any atom is 0.308 e. The SMILES string of the molecule is CN=C(NCc1ccccc1N1CCOCC1)N1CCC(C(=O)OC)CC1. The number of likely N-dealkylation sites (tertiary alicyclic amines) is 1. The van der Waals surface area contributed by atoms with Gasteiger partial charge in [-0.15, -0.1) is 0 Å². The average Bonchev–Trinajstić information content (AvgIpc) is 2.75. The molecule has 7 nitrogen and oxygen atoms in total. The number of morpholine rings is 1. The van der Waals surface area contributed by atoms with Gasteiger partial charge < -0.3 is 24.6 Å². The zero-order valence-electron chi connectivity index (χ0n) is 16.3. The Bertz CT molecular complexity index is 650. The fraction of sp³-hybridized carbons (Fsp3) is 0.600. The Hall–Kier alpha value is -2.28. The number of para-hydroxylation sites is 1. The van der Waals surface area contributed by atoms with Gasteiger partial charge in [0.2, 0.25) is 0 Å². The summed E-state index contributed by atoms with van der Waals surface area (Å²) in [5.41, 5.74) is 2.51. The van der Waals surface area contributed by atoms with Gasteiger partial charge >= 0.3 is 5.97 Å². The van der Waals surface area contributed by atoms with Crippen molar-refractivity contribution >= 4 is 17.6 Å². The van der Waals surface area contributed by atoms with Crippen molar-refractivity contribution in [3.05, 3.63) is 29.8 Å². The topological polar surface area (TPSA) is 66.4 Å². The fourth-order valence-electron chi connectivity index (χ4n) is 3.77. The van der Waals surface area contributed by atoms with Crippen LogP contribution in [0.2, 0.25) is 0 Å². The van der Waals surface area contributed by atoms with E-state index in [1.807, 2.05) is 7.05 Å². The van der Waals surface area contributed by atoms with Gasteiger partial charge in [0.05, 0.1) is 26.2 Å². The molecule has 0 atom stereocenters. The van der Waals surface area contributed by atoms with Crippen molar-refractivity contribution in [2.75, 3.05) is 58.5 Å². The molecule has 0 aromatic heterocycles. The number of benzene rings is 1. The van der Waals surface area contributed by atoms with Crippen LogP contribution in [-0.4, -0.2) is 70.4 Å². The van der Waals surface area contributed by atoms with Crippen LogP contribution in [0.4, 0.5) is 5.69 Å². The van der Waals surface area contributed by atoms with Gasteiger partial charge in [0.15, 0.2) is 5.96 Å². The molecule has 0 aliphatic carbocycles. The molecule has 148 valence electrons. The van der Waals surface area contributed by atoms with Crippen LogP contribution in [0, 0.1) is 5.92 Å². The maximum absolute atomic E-state index is 11.7. The lowest BCUT2D eigenvalue weighted by Gasteiger charge is -2.34. The molecule has 2 heterocycles. The summed E-state index contributed by atoms with van der Waals surface area (Å²) in [4.78, 5) is 20.8. The minimum absolute atomic E-state index is 0.00593. The Labute approximate surface area is 161 Å². The van der Waals surface area contributed by atoms with Crippen LogP contribution in [0.1, 0.15) is 18.4 Å². The number of ether oxygens (including phenoxy) is 2. The molecule has 2 aliphatic rings. The summed E-state index contributed by atoms with van der Waals surface area (Å²) in [6.45, 7) is 5.74. The van der Waals surface area contributed by atoms with Crippen LogP contribution in [0.5, 0.6) is 0 Å². The van der Waals surface area contributed by atoms with Crippen LogP contribution >= 0.6 is 0 Å². The monoisotopic (exact) mass is 374 g/mol. The van der Waals surface area contributed by atoms with Crippen molar-refractivity contribution in [1.82, 2.24) is 10.2 Å². The third-order valence-electron chi connectivity index (χ3n) is 5.32. The first kappa shape index (κ1) is 19.5. The number of methoxy groups -OCH3 is 1. The third kappa shape index (κ3) is 4.91. The van der Waals surface area contributed by atoms with Crippen molar-refractivity contribution in [1.29, 1.82) is 0 Å². The van der Waals surface area contributed by atoms with E-state index in [0.29, 0.717) is 0 Å². The number of nitrogens with one attached hydrogen (secondary N) is 1. The van der Waals surface area contributed by atoms with Crippen LogP contribution in [0.15, 0.2) is 29.3 Å². The standard InChI is InChI=1S/C20H30N4O3/c1-21-20(24-9-7-16(8-10-24)19(25)26-2)22-15-17-5-3-4-6-18(17)23-11-13-27-14-12-23/h3-6,16H,7-15H2,1-2H3,(H,21,22). The van der Waals surface area contributed by atoms with E-state index in [0.717, 1.165) is 64.7 Å². The lowest BCUT2D eigenvalue weighted by atomic mass is 9.97. The highest BCUT2D eigenvalue weighted by Crippen LogP contribution is 2.22. The fourth-order valence-corrected chi connectivity index (χ4v) is 3.77. The average molecular weight is 374 g/mol. The normalized spacial score (nSPS) is 19.1. The number of carbonyl (C=O) groups is 1. The van der Waals surface area contributed by atoms with Crippen LogP contribution < -0.4 is 10.2 Å². The van der Waals surface area contributed by atoms with E-state index < -0.39 is 0 Å². The second-order valence-corrected chi connectivity index (χ2v) is 6.91. The summed E-state index contributed by atoms with van der Waals surface area (Å²) in [7, 11) is 3.27. The molecule has 0 spiro atoms. The molecule has 3 rings (SSSR count). The van der Waals surface area contributed by atoms with E-state index >= 15 is 0 Å². The van der Waals surface area contributed by atoms with Crippen molar-refractivity contribution < 1.29 is 14.3 Å². The number of anilines is 1. The summed E-state index contributed by atoms with van der Waals surface area (Å²) in [6, 6.07) is 8.49. The molecule has 1 aromatic rings. The zero-order valence-corrected chi connectivity index (χ0v) is 16.3. The molecule has 2 saturated heterocycles. The number of esters is 1. The summed E-state index contributed by atoms with van der Waals surface area (Å²) < 4.78 is 10.3. The van der Waals surface area contributed by atoms with E-state index in [-0.39, 0.29) is 11.9 Å². The molecular formula is C20H30N4O3. The summed E-state index contributed by atoms with van der Waals surface area (Å²) in [5, 5.41) is 3.49. The number of rotatable bonds is 4. The van der Waals surface area contributed by atoms with Gasteiger partial charge in [-0.1, -0.05) is 18.2 Å². The molecule has 2 aliphatic heterocycles. The number of guanidine groups is 1. The highest BCUT2D eigenvalue weighted by molar-refractivity contribution is 5.80. The zero-order chi connectivity index (χ0) is 19.1. The number of piperidine rings is 1. The van der Waals surface area contributed by atoms with Crippen molar-refractivity contribution in [3.63, 3.8) is 0 Å². The van der Waals surface area contributed by atoms with Crippen LogP contribution in [-0.2, 0) is 20.8 Å². The first-order chi connectivity index (χ1) is 13.2. The van der Waals surface area contributed by atoms with Gasteiger partial charge in [-0.2, -0.15) is 0 Å². The number of nitrogens with zero attached hydrogens (tertiary/aromatic N) is 3. The number of carbonyl (C=O) groups excluding carboxylic acids is 1. The van der Waals surface area contributed by atoms with Gasteiger partial charge in [0.1, 0.15) is 0 Å². The molecule has 1 aromatic carbocycles. The quantitative estimate of drug-likeness (QED) is 0.489. The highest BCUT2D eigenvalue weighted by Gasteiger charge is 2.27. The Balaban J connectivity index is 1.58.